The SMILES string of the molecule is CCCCCc1cc(C)ccc1S(=O)(=O)OO. The average Bonchev–Trinajstić information content (AvgIpc) is 2.29. The molecule has 0 unspecified atom stereocenters. The van der Waals surface area contributed by atoms with E-state index in [0.29, 0.717) is 12.0 Å². The predicted octanol–water partition coefficient (Wildman–Crippen LogP) is 2.91. The molecule has 0 aromatic heterocycles. The van der Waals surface area contributed by atoms with E-state index in [2.05, 4.69) is 11.3 Å². The summed E-state index contributed by atoms with van der Waals surface area (Å²) in [6, 6.07) is 4.99. The van der Waals surface area contributed by atoms with Crippen LogP contribution in [0.1, 0.15) is 37.3 Å². The van der Waals surface area contributed by atoms with E-state index in [0.717, 1.165) is 24.8 Å². The minimum absolute atomic E-state index is 0.0571. The zero-order chi connectivity index (χ0) is 12.9. The molecule has 5 heteroatoms. The van der Waals surface area contributed by atoms with Crippen molar-refractivity contribution >= 4 is 10.1 Å². The van der Waals surface area contributed by atoms with Gasteiger partial charge in [-0.05, 0) is 31.4 Å². The van der Waals surface area contributed by atoms with Crippen LogP contribution in [0.15, 0.2) is 23.1 Å². The fourth-order valence-corrected chi connectivity index (χ4v) is 2.55. The molecule has 0 saturated heterocycles. The molecule has 0 fully saturated rings. The molecule has 0 aliphatic rings. The Morgan fingerprint density at radius 2 is 2.00 bits per heavy atom. The number of rotatable bonds is 6. The van der Waals surface area contributed by atoms with Crippen LogP contribution in [0.5, 0.6) is 0 Å². The molecule has 0 aliphatic carbocycles. The van der Waals surface area contributed by atoms with Crippen LogP contribution in [0.2, 0.25) is 0 Å². The van der Waals surface area contributed by atoms with Gasteiger partial charge in [0.2, 0.25) is 0 Å². The Balaban J connectivity index is 3.04. The molecule has 1 N–H and O–H groups in total. The first-order chi connectivity index (χ1) is 8.01. The lowest BCUT2D eigenvalue weighted by molar-refractivity contribution is -0.130. The number of unbranched alkanes of at least 4 members (excludes halogenated alkanes) is 2. The summed E-state index contributed by atoms with van der Waals surface area (Å²) in [5.41, 5.74) is 1.70. The highest BCUT2D eigenvalue weighted by atomic mass is 32.2. The van der Waals surface area contributed by atoms with E-state index in [1.807, 2.05) is 13.0 Å². The van der Waals surface area contributed by atoms with Crippen molar-refractivity contribution in [2.45, 2.75) is 44.4 Å². The first kappa shape index (κ1) is 14.2. The Morgan fingerprint density at radius 3 is 2.59 bits per heavy atom. The normalized spacial score (nSPS) is 11.7. The monoisotopic (exact) mass is 258 g/mol. The van der Waals surface area contributed by atoms with E-state index in [-0.39, 0.29) is 4.90 Å². The zero-order valence-electron chi connectivity index (χ0n) is 10.1. The highest BCUT2D eigenvalue weighted by Gasteiger charge is 2.19. The van der Waals surface area contributed by atoms with Gasteiger partial charge in [-0.3, -0.25) is 0 Å². The number of benzene rings is 1. The van der Waals surface area contributed by atoms with Gasteiger partial charge in [0.1, 0.15) is 0 Å². The van der Waals surface area contributed by atoms with Gasteiger partial charge < -0.3 is 0 Å². The molecule has 0 radical (unpaired) electrons. The van der Waals surface area contributed by atoms with Crippen molar-refractivity contribution in [2.75, 3.05) is 0 Å². The second kappa shape index (κ2) is 6.14. The molecule has 96 valence electrons. The predicted molar refractivity (Wildman–Crippen MR) is 65.3 cm³/mol. The van der Waals surface area contributed by atoms with Crippen molar-refractivity contribution in [1.82, 2.24) is 0 Å². The van der Waals surface area contributed by atoms with E-state index in [1.165, 1.54) is 6.07 Å². The second-order valence-electron chi connectivity index (χ2n) is 4.10. The van der Waals surface area contributed by atoms with Crippen LogP contribution >= 0.6 is 0 Å². The summed E-state index contributed by atoms with van der Waals surface area (Å²) in [6.45, 7) is 3.99. The summed E-state index contributed by atoms with van der Waals surface area (Å²) < 4.78 is 26.6. The Morgan fingerprint density at radius 1 is 1.29 bits per heavy atom. The van der Waals surface area contributed by atoms with Gasteiger partial charge in [-0.15, -0.1) is 4.33 Å². The largest absolute Gasteiger partial charge is 0.323 e. The van der Waals surface area contributed by atoms with E-state index in [9.17, 15) is 8.42 Å². The summed E-state index contributed by atoms with van der Waals surface area (Å²) in [5.74, 6) is 0. The standard InChI is InChI=1S/C12H18O4S/c1-3-4-5-6-11-9-10(2)7-8-12(11)17(14,15)16-13/h7-9,13H,3-6H2,1-2H3. The molecule has 0 heterocycles. The van der Waals surface area contributed by atoms with Crippen LogP contribution in [0, 0.1) is 6.92 Å². The minimum Gasteiger partial charge on any atom is -0.235 e. The van der Waals surface area contributed by atoms with E-state index in [1.54, 1.807) is 6.07 Å². The topological polar surface area (TPSA) is 63.6 Å². The van der Waals surface area contributed by atoms with Crippen molar-refractivity contribution in [1.29, 1.82) is 0 Å². The van der Waals surface area contributed by atoms with Crippen molar-refractivity contribution in [3.8, 4) is 0 Å². The Hall–Kier alpha value is -0.910. The van der Waals surface area contributed by atoms with Crippen LogP contribution < -0.4 is 0 Å². The number of hydrogen-bond acceptors (Lipinski definition) is 4. The molecule has 0 aliphatic heterocycles. The van der Waals surface area contributed by atoms with Crippen molar-refractivity contribution in [3.05, 3.63) is 29.3 Å². The first-order valence-electron chi connectivity index (χ1n) is 5.69. The lowest BCUT2D eigenvalue weighted by Crippen LogP contribution is -2.07. The lowest BCUT2D eigenvalue weighted by atomic mass is 10.1. The second-order valence-corrected chi connectivity index (χ2v) is 5.59. The van der Waals surface area contributed by atoms with Gasteiger partial charge in [0.15, 0.2) is 0 Å². The van der Waals surface area contributed by atoms with Crippen molar-refractivity contribution in [3.63, 3.8) is 0 Å². The number of hydrogen-bond donors (Lipinski definition) is 1. The van der Waals surface area contributed by atoms with Gasteiger partial charge in [0, 0.05) is 0 Å². The van der Waals surface area contributed by atoms with E-state index in [4.69, 9.17) is 5.26 Å². The third kappa shape index (κ3) is 3.80. The highest BCUT2D eigenvalue weighted by molar-refractivity contribution is 7.86. The van der Waals surface area contributed by atoms with Crippen LogP contribution in [-0.2, 0) is 20.9 Å². The van der Waals surface area contributed by atoms with Crippen LogP contribution in [-0.4, -0.2) is 13.7 Å². The molecule has 0 spiro atoms. The molecule has 17 heavy (non-hydrogen) atoms. The smallest absolute Gasteiger partial charge is 0.235 e. The zero-order valence-corrected chi connectivity index (χ0v) is 11.0. The van der Waals surface area contributed by atoms with E-state index < -0.39 is 10.1 Å². The summed E-state index contributed by atoms with van der Waals surface area (Å²) in [7, 11) is -4.03. The van der Waals surface area contributed by atoms with Gasteiger partial charge >= 0.3 is 10.1 Å². The molecular weight excluding hydrogens is 240 g/mol. The maximum atomic E-state index is 11.5. The van der Waals surface area contributed by atoms with Gasteiger partial charge in [-0.2, -0.15) is 8.42 Å². The molecule has 1 aromatic carbocycles. The van der Waals surface area contributed by atoms with Gasteiger partial charge in [-0.25, -0.2) is 5.26 Å². The quantitative estimate of drug-likeness (QED) is 0.484. The van der Waals surface area contributed by atoms with Gasteiger partial charge in [0.25, 0.3) is 0 Å². The van der Waals surface area contributed by atoms with Crippen LogP contribution in [0.25, 0.3) is 0 Å². The molecule has 4 nitrogen and oxygen atoms in total. The van der Waals surface area contributed by atoms with E-state index >= 15 is 0 Å². The first-order valence-corrected chi connectivity index (χ1v) is 7.09. The Kier molecular flexibility index (Phi) is 5.11. The summed E-state index contributed by atoms with van der Waals surface area (Å²) in [5, 5.41) is 8.42. The summed E-state index contributed by atoms with van der Waals surface area (Å²) in [6.07, 6.45) is 3.72. The third-order valence-corrected chi connectivity index (χ3v) is 3.77. The highest BCUT2D eigenvalue weighted by Crippen LogP contribution is 2.21. The van der Waals surface area contributed by atoms with Crippen molar-refractivity contribution in [2.24, 2.45) is 0 Å². The molecule has 0 bridgehead atoms. The Labute approximate surface area is 102 Å². The van der Waals surface area contributed by atoms with Crippen LogP contribution in [0.3, 0.4) is 0 Å². The van der Waals surface area contributed by atoms with Crippen molar-refractivity contribution < 1.29 is 18.0 Å². The molecule has 0 amide bonds. The Bertz CT molecular complexity index is 465. The fraction of sp³-hybridized carbons (Fsp3) is 0.500. The lowest BCUT2D eigenvalue weighted by Gasteiger charge is -2.09. The summed E-state index contributed by atoms with van der Waals surface area (Å²) in [4.78, 5) is 0.0571. The average molecular weight is 258 g/mol. The maximum Gasteiger partial charge on any atom is 0.323 e. The molecule has 1 aromatic rings. The minimum atomic E-state index is -4.03. The third-order valence-electron chi connectivity index (χ3n) is 2.63. The molecule has 1 rings (SSSR count). The molecule has 0 saturated carbocycles. The maximum absolute atomic E-state index is 11.5. The van der Waals surface area contributed by atoms with Gasteiger partial charge in [-0.1, -0.05) is 37.5 Å². The fourth-order valence-electron chi connectivity index (χ4n) is 1.75. The van der Waals surface area contributed by atoms with Gasteiger partial charge in [0.05, 0.1) is 4.90 Å². The van der Waals surface area contributed by atoms with Crippen LogP contribution in [0.4, 0.5) is 0 Å². The number of aryl methyl sites for hydroxylation is 2. The molecule has 0 atom stereocenters. The molecular formula is C12H18O4S. The summed E-state index contributed by atoms with van der Waals surface area (Å²) >= 11 is 0.